The molecule has 180 valence electrons. The smallest absolute Gasteiger partial charge is 0.418 e. The highest BCUT2D eigenvalue weighted by atomic mass is 32.2. The Bertz CT molecular complexity index is 1140. The minimum Gasteiger partial charge on any atom is -0.495 e. The van der Waals surface area contributed by atoms with Crippen LogP contribution < -0.4 is 14.8 Å². The molecular formula is C21H23F3N2O6S. The van der Waals surface area contributed by atoms with E-state index in [0.717, 1.165) is 18.2 Å². The molecule has 2 rings (SSSR count). The first-order valence-electron chi connectivity index (χ1n) is 9.49. The zero-order valence-electron chi connectivity index (χ0n) is 18.2. The second-order valence-electron chi connectivity index (χ2n) is 7.89. The van der Waals surface area contributed by atoms with Crippen LogP contribution in [0, 0.1) is 0 Å². The molecule has 1 amide bonds. The van der Waals surface area contributed by atoms with E-state index in [1.807, 2.05) is 5.32 Å². The molecule has 0 atom stereocenters. The topological polar surface area (TPSA) is 111 Å². The Labute approximate surface area is 189 Å². The summed E-state index contributed by atoms with van der Waals surface area (Å²) in [5.41, 5.74) is -2.56. The highest BCUT2D eigenvalue weighted by molar-refractivity contribution is 7.89. The Hall–Kier alpha value is -3.12. The normalized spacial score (nSPS) is 12.2. The minimum atomic E-state index is -4.69. The van der Waals surface area contributed by atoms with Crippen molar-refractivity contribution in [1.82, 2.24) is 4.72 Å². The molecule has 12 heteroatoms. The number of para-hydroxylation sites is 1. The first-order valence-corrected chi connectivity index (χ1v) is 11.0. The van der Waals surface area contributed by atoms with Crippen LogP contribution in [0.25, 0.3) is 0 Å². The van der Waals surface area contributed by atoms with Crippen LogP contribution in [0.2, 0.25) is 0 Å². The van der Waals surface area contributed by atoms with Crippen LogP contribution in [-0.4, -0.2) is 39.5 Å². The SMILES string of the molecule is COc1ccc(C(=O)OCC(=O)Nc2ccccc2C(F)(F)F)cc1S(=O)(=O)NC(C)(C)C. The summed E-state index contributed by atoms with van der Waals surface area (Å²) in [6.45, 7) is 4.00. The van der Waals surface area contributed by atoms with Gasteiger partial charge in [0, 0.05) is 5.54 Å². The van der Waals surface area contributed by atoms with Crippen molar-refractivity contribution in [1.29, 1.82) is 0 Å². The molecule has 0 bridgehead atoms. The highest BCUT2D eigenvalue weighted by Crippen LogP contribution is 2.34. The summed E-state index contributed by atoms with van der Waals surface area (Å²) in [5, 5.41) is 2.04. The monoisotopic (exact) mass is 488 g/mol. The van der Waals surface area contributed by atoms with E-state index in [4.69, 9.17) is 9.47 Å². The van der Waals surface area contributed by atoms with Gasteiger partial charge in [-0.05, 0) is 51.1 Å². The van der Waals surface area contributed by atoms with E-state index in [1.165, 1.54) is 31.4 Å². The van der Waals surface area contributed by atoms with Crippen molar-refractivity contribution in [3.63, 3.8) is 0 Å². The van der Waals surface area contributed by atoms with Gasteiger partial charge in [-0.15, -0.1) is 0 Å². The number of hydrogen-bond donors (Lipinski definition) is 2. The molecule has 0 aromatic heterocycles. The fraction of sp³-hybridized carbons (Fsp3) is 0.333. The van der Waals surface area contributed by atoms with E-state index in [0.29, 0.717) is 0 Å². The van der Waals surface area contributed by atoms with Crippen molar-refractivity contribution in [3.05, 3.63) is 53.6 Å². The fourth-order valence-electron chi connectivity index (χ4n) is 2.71. The number of hydrogen-bond acceptors (Lipinski definition) is 6. The van der Waals surface area contributed by atoms with Gasteiger partial charge in [0.15, 0.2) is 6.61 Å². The molecule has 0 saturated heterocycles. The average Bonchev–Trinajstić information content (AvgIpc) is 2.69. The molecule has 0 unspecified atom stereocenters. The van der Waals surface area contributed by atoms with Gasteiger partial charge in [-0.2, -0.15) is 13.2 Å². The summed E-state index contributed by atoms with van der Waals surface area (Å²) in [6, 6.07) is 7.83. The first-order chi connectivity index (χ1) is 15.1. The third-order valence-corrected chi connectivity index (χ3v) is 5.75. The van der Waals surface area contributed by atoms with E-state index in [1.54, 1.807) is 20.8 Å². The predicted octanol–water partition coefficient (Wildman–Crippen LogP) is 3.59. The Morgan fingerprint density at radius 3 is 2.24 bits per heavy atom. The molecule has 0 radical (unpaired) electrons. The van der Waals surface area contributed by atoms with E-state index in [2.05, 4.69) is 4.72 Å². The van der Waals surface area contributed by atoms with E-state index >= 15 is 0 Å². The second kappa shape index (κ2) is 9.79. The molecule has 0 saturated carbocycles. The maximum atomic E-state index is 13.0. The van der Waals surface area contributed by atoms with Crippen LogP contribution in [0.15, 0.2) is 47.4 Å². The largest absolute Gasteiger partial charge is 0.495 e. The van der Waals surface area contributed by atoms with Crippen LogP contribution in [-0.2, 0) is 25.7 Å². The maximum absolute atomic E-state index is 13.0. The Balaban J connectivity index is 2.16. The van der Waals surface area contributed by atoms with Crippen molar-refractivity contribution < 1.29 is 40.7 Å². The number of carbonyl (C=O) groups excluding carboxylic acids is 2. The lowest BCUT2D eigenvalue weighted by Crippen LogP contribution is -2.40. The molecule has 0 aliphatic carbocycles. The number of carbonyl (C=O) groups is 2. The molecule has 0 fully saturated rings. The number of ether oxygens (including phenoxy) is 2. The second-order valence-corrected chi connectivity index (χ2v) is 9.54. The lowest BCUT2D eigenvalue weighted by atomic mass is 10.1. The molecule has 0 spiro atoms. The van der Waals surface area contributed by atoms with Gasteiger partial charge in [-0.1, -0.05) is 12.1 Å². The molecule has 0 aliphatic heterocycles. The van der Waals surface area contributed by atoms with Crippen molar-refractivity contribution in [3.8, 4) is 5.75 Å². The standard InChI is InChI=1S/C21H23F3N2O6S/c1-20(2,3)26-33(29,30)17-11-13(9-10-16(17)31-4)19(28)32-12-18(27)25-15-8-6-5-7-14(15)21(22,23)24/h5-11,26H,12H2,1-4H3,(H,25,27). The van der Waals surface area contributed by atoms with Gasteiger partial charge in [0.25, 0.3) is 5.91 Å². The lowest BCUT2D eigenvalue weighted by Gasteiger charge is -2.21. The van der Waals surface area contributed by atoms with Crippen LogP contribution >= 0.6 is 0 Å². The summed E-state index contributed by atoms with van der Waals surface area (Å²) in [5.74, 6) is -2.08. The zero-order valence-corrected chi connectivity index (χ0v) is 19.1. The summed E-state index contributed by atoms with van der Waals surface area (Å²) >= 11 is 0. The molecule has 0 aliphatic rings. The molecule has 2 aromatic carbocycles. The van der Waals surface area contributed by atoms with E-state index < -0.39 is 51.5 Å². The van der Waals surface area contributed by atoms with Crippen LogP contribution in [0.5, 0.6) is 5.75 Å². The van der Waals surface area contributed by atoms with Crippen LogP contribution in [0.4, 0.5) is 18.9 Å². The van der Waals surface area contributed by atoms with Gasteiger partial charge in [0.1, 0.15) is 10.6 Å². The van der Waals surface area contributed by atoms with Crippen LogP contribution in [0.3, 0.4) is 0 Å². The van der Waals surface area contributed by atoms with Gasteiger partial charge >= 0.3 is 12.1 Å². The highest BCUT2D eigenvalue weighted by Gasteiger charge is 2.33. The van der Waals surface area contributed by atoms with Crippen molar-refractivity contribution in [2.45, 2.75) is 37.4 Å². The predicted molar refractivity (Wildman–Crippen MR) is 113 cm³/mol. The van der Waals surface area contributed by atoms with Gasteiger partial charge in [-0.3, -0.25) is 4.79 Å². The molecule has 8 nitrogen and oxygen atoms in total. The molecule has 33 heavy (non-hydrogen) atoms. The number of anilines is 1. The number of methoxy groups -OCH3 is 1. The van der Waals surface area contributed by atoms with Crippen molar-refractivity contribution in [2.75, 3.05) is 19.0 Å². The van der Waals surface area contributed by atoms with Gasteiger partial charge in [-0.25, -0.2) is 17.9 Å². The zero-order chi connectivity index (χ0) is 25.0. The number of halogens is 3. The number of amides is 1. The minimum absolute atomic E-state index is 0.0233. The number of sulfonamides is 1. The number of esters is 1. The van der Waals surface area contributed by atoms with Gasteiger partial charge in [0.2, 0.25) is 10.0 Å². The summed E-state index contributed by atoms with van der Waals surface area (Å²) in [7, 11) is -2.82. The quantitative estimate of drug-likeness (QED) is 0.577. The van der Waals surface area contributed by atoms with Gasteiger partial charge in [0.05, 0.1) is 23.9 Å². The number of benzene rings is 2. The first kappa shape index (κ1) is 26.1. The average molecular weight is 488 g/mol. The molecule has 0 heterocycles. The third kappa shape index (κ3) is 7.19. The van der Waals surface area contributed by atoms with Crippen LogP contribution in [0.1, 0.15) is 36.7 Å². The Morgan fingerprint density at radius 1 is 1.03 bits per heavy atom. The Morgan fingerprint density at radius 2 is 1.67 bits per heavy atom. The lowest BCUT2D eigenvalue weighted by molar-refractivity contribution is -0.137. The van der Waals surface area contributed by atoms with Gasteiger partial charge < -0.3 is 14.8 Å². The third-order valence-electron chi connectivity index (χ3n) is 3.97. The van der Waals surface area contributed by atoms with Crippen molar-refractivity contribution in [2.24, 2.45) is 0 Å². The molecule has 2 aromatic rings. The van der Waals surface area contributed by atoms with E-state index in [9.17, 15) is 31.2 Å². The fourth-order valence-corrected chi connectivity index (χ4v) is 4.33. The maximum Gasteiger partial charge on any atom is 0.418 e. The summed E-state index contributed by atoms with van der Waals surface area (Å²) in [6.07, 6.45) is -4.69. The number of nitrogens with one attached hydrogen (secondary N) is 2. The summed E-state index contributed by atoms with van der Waals surface area (Å²) < 4.78 is 76.8. The number of alkyl halides is 3. The van der Waals surface area contributed by atoms with E-state index in [-0.39, 0.29) is 16.2 Å². The summed E-state index contributed by atoms with van der Waals surface area (Å²) in [4.78, 5) is 24.1. The molecule has 2 N–H and O–H groups in total. The molecular weight excluding hydrogens is 465 g/mol. The Kier molecular flexibility index (Phi) is 7.75. The van der Waals surface area contributed by atoms with Crippen molar-refractivity contribution >= 4 is 27.6 Å². The number of rotatable bonds is 7.